The lowest BCUT2D eigenvalue weighted by molar-refractivity contribution is 0.0940. The molecule has 1 aliphatic carbocycles. The lowest BCUT2D eigenvalue weighted by atomic mass is 9.87. The van der Waals surface area contributed by atoms with Crippen molar-refractivity contribution in [1.29, 1.82) is 0 Å². The third-order valence-electron chi connectivity index (χ3n) is 5.06. The summed E-state index contributed by atoms with van der Waals surface area (Å²) in [5.41, 5.74) is 2.99. The summed E-state index contributed by atoms with van der Waals surface area (Å²) in [6, 6.07) is 3.75. The molecule has 0 unspecified atom stereocenters. The minimum absolute atomic E-state index is 0.164. The molecule has 4 aromatic rings. The molecular formula is C19H18N6OS. The van der Waals surface area contributed by atoms with Crippen molar-refractivity contribution in [3.63, 3.8) is 0 Å². The molecule has 8 heteroatoms. The minimum Gasteiger partial charge on any atom is -0.345 e. The molecule has 1 amide bonds. The van der Waals surface area contributed by atoms with E-state index in [1.807, 2.05) is 12.1 Å². The summed E-state index contributed by atoms with van der Waals surface area (Å²) in [5.74, 6) is 0.347. The Morgan fingerprint density at radius 2 is 2.37 bits per heavy atom. The van der Waals surface area contributed by atoms with E-state index in [0.29, 0.717) is 12.5 Å². The van der Waals surface area contributed by atoms with Gasteiger partial charge >= 0.3 is 0 Å². The number of fused-ring (bicyclic) bond motifs is 5. The largest absolute Gasteiger partial charge is 0.345 e. The number of rotatable bonds is 3. The van der Waals surface area contributed by atoms with Crippen molar-refractivity contribution in [3.05, 3.63) is 52.7 Å². The number of aromatic nitrogens is 5. The molecule has 0 saturated carbocycles. The van der Waals surface area contributed by atoms with Crippen molar-refractivity contribution >= 4 is 33.1 Å². The summed E-state index contributed by atoms with van der Waals surface area (Å²) in [6.45, 7) is 2.65. The van der Waals surface area contributed by atoms with E-state index in [1.165, 1.54) is 23.3 Å². The summed E-state index contributed by atoms with van der Waals surface area (Å²) < 4.78 is 1.62. The molecule has 27 heavy (non-hydrogen) atoms. The molecule has 5 rings (SSSR count). The van der Waals surface area contributed by atoms with Gasteiger partial charge in [0.2, 0.25) is 5.82 Å². The van der Waals surface area contributed by atoms with Crippen LogP contribution in [0.5, 0.6) is 0 Å². The number of carbonyl (C=O) groups is 1. The van der Waals surface area contributed by atoms with Gasteiger partial charge in [-0.3, -0.25) is 9.78 Å². The molecule has 0 spiro atoms. The third-order valence-corrected chi connectivity index (χ3v) is 6.23. The van der Waals surface area contributed by atoms with Crippen LogP contribution in [0.4, 0.5) is 0 Å². The number of amides is 1. The number of carbonyl (C=O) groups excluding carboxylic acids is 1. The standard InChI is InChI=1S/C19H18N6OS/c1-11-4-2-6-13-14(11)15-17-23-16(24-25(17)10-22-19(15)27-13)18(26)21-9-12-5-3-7-20-8-12/h3,5,7-8,10-11H,2,4,6,9H2,1H3,(H,21,26)/t11-/m1/s1. The first-order valence-electron chi connectivity index (χ1n) is 9.04. The Kier molecular flexibility index (Phi) is 3.86. The molecule has 1 N–H and O–H groups in total. The number of pyridine rings is 1. The van der Waals surface area contributed by atoms with Gasteiger partial charge in [0, 0.05) is 23.8 Å². The van der Waals surface area contributed by atoms with E-state index in [1.54, 1.807) is 34.6 Å². The van der Waals surface area contributed by atoms with Gasteiger partial charge in [-0.05, 0) is 42.4 Å². The monoisotopic (exact) mass is 378 g/mol. The van der Waals surface area contributed by atoms with Gasteiger partial charge in [0.05, 0.1) is 5.39 Å². The van der Waals surface area contributed by atoms with Crippen molar-refractivity contribution in [3.8, 4) is 0 Å². The highest BCUT2D eigenvalue weighted by atomic mass is 32.1. The zero-order valence-corrected chi connectivity index (χ0v) is 15.7. The van der Waals surface area contributed by atoms with Crippen molar-refractivity contribution < 1.29 is 4.79 Å². The second-order valence-electron chi connectivity index (χ2n) is 6.90. The van der Waals surface area contributed by atoms with Crippen LogP contribution in [-0.4, -0.2) is 30.5 Å². The Labute approximate surface area is 159 Å². The van der Waals surface area contributed by atoms with E-state index in [4.69, 9.17) is 0 Å². The van der Waals surface area contributed by atoms with Crippen LogP contribution >= 0.6 is 11.3 Å². The topological polar surface area (TPSA) is 85.1 Å². The fraction of sp³-hybridized carbons (Fsp3) is 0.316. The van der Waals surface area contributed by atoms with Gasteiger partial charge in [-0.25, -0.2) is 14.5 Å². The van der Waals surface area contributed by atoms with Crippen LogP contribution in [0.2, 0.25) is 0 Å². The van der Waals surface area contributed by atoms with Crippen LogP contribution in [0.1, 0.15) is 52.3 Å². The molecule has 4 heterocycles. The Bertz CT molecular complexity index is 1150. The molecule has 0 radical (unpaired) electrons. The van der Waals surface area contributed by atoms with Gasteiger partial charge in [0.1, 0.15) is 11.2 Å². The maximum absolute atomic E-state index is 12.5. The fourth-order valence-electron chi connectivity index (χ4n) is 3.75. The summed E-state index contributed by atoms with van der Waals surface area (Å²) >= 11 is 1.74. The van der Waals surface area contributed by atoms with Crippen LogP contribution in [0.15, 0.2) is 30.9 Å². The number of nitrogens with zero attached hydrogens (tertiary/aromatic N) is 5. The van der Waals surface area contributed by atoms with E-state index in [0.717, 1.165) is 27.8 Å². The third kappa shape index (κ3) is 2.76. The number of nitrogens with one attached hydrogen (secondary N) is 1. The van der Waals surface area contributed by atoms with Gasteiger partial charge in [0.15, 0.2) is 5.65 Å². The van der Waals surface area contributed by atoms with Crippen molar-refractivity contribution in [2.24, 2.45) is 0 Å². The Morgan fingerprint density at radius 1 is 1.44 bits per heavy atom. The molecule has 1 aliphatic rings. The van der Waals surface area contributed by atoms with E-state index < -0.39 is 0 Å². The van der Waals surface area contributed by atoms with Crippen LogP contribution in [0.3, 0.4) is 0 Å². The van der Waals surface area contributed by atoms with Crippen LogP contribution in [0.25, 0.3) is 15.9 Å². The molecule has 0 bridgehead atoms. The molecular weight excluding hydrogens is 360 g/mol. The second kappa shape index (κ2) is 6.38. The Hall–Kier alpha value is -2.87. The van der Waals surface area contributed by atoms with E-state index in [9.17, 15) is 4.79 Å². The predicted octanol–water partition coefficient (Wildman–Crippen LogP) is 3.10. The number of thiophene rings is 1. The van der Waals surface area contributed by atoms with Crippen molar-refractivity contribution in [2.75, 3.05) is 0 Å². The molecule has 0 aromatic carbocycles. The highest BCUT2D eigenvalue weighted by Gasteiger charge is 2.25. The predicted molar refractivity (Wildman–Crippen MR) is 103 cm³/mol. The van der Waals surface area contributed by atoms with Crippen LogP contribution in [-0.2, 0) is 13.0 Å². The summed E-state index contributed by atoms with van der Waals surface area (Å²) in [5, 5.41) is 8.26. The van der Waals surface area contributed by atoms with E-state index >= 15 is 0 Å². The molecule has 0 fully saturated rings. The van der Waals surface area contributed by atoms with Gasteiger partial charge in [-0.2, -0.15) is 0 Å². The quantitative estimate of drug-likeness (QED) is 0.592. The summed E-state index contributed by atoms with van der Waals surface area (Å²) in [7, 11) is 0. The van der Waals surface area contributed by atoms with Gasteiger partial charge < -0.3 is 5.32 Å². The Balaban J connectivity index is 1.52. The maximum Gasteiger partial charge on any atom is 0.291 e. The minimum atomic E-state index is -0.298. The lowest BCUT2D eigenvalue weighted by Crippen LogP contribution is -2.24. The molecule has 7 nitrogen and oxygen atoms in total. The second-order valence-corrected chi connectivity index (χ2v) is 7.99. The van der Waals surface area contributed by atoms with E-state index in [-0.39, 0.29) is 11.7 Å². The molecule has 136 valence electrons. The normalized spacial score (nSPS) is 16.6. The van der Waals surface area contributed by atoms with Crippen LogP contribution in [0, 0.1) is 0 Å². The van der Waals surface area contributed by atoms with Gasteiger partial charge in [-0.15, -0.1) is 16.4 Å². The lowest BCUT2D eigenvalue weighted by Gasteiger charge is -2.18. The maximum atomic E-state index is 12.5. The van der Waals surface area contributed by atoms with Crippen LogP contribution < -0.4 is 5.32 Å². The number of hydrogen-bond donors (Lipinski definition) is 1. The fourth-order valence-corrected chi connectivity index (χ4v) is 5.04. The Morgan fingerprint density at radius 3 is 3.22 bits per heavy atom. The summed E-state index contributed by atoms with van der Waals surface area (Å²) in [4.78, 5) is 28.1. The summed E-state index contributed by atoms with van der Waals surface area (Å²) in [6.07, 6.45) is 8.56. The zero-order valence-electron chi connectivity index (χ0n) is 14.8. The highest BCUT2D eigenvalue weighted by molar-refractivity contribution is 7.19. The average Bonchev–Trinajstić information content (AvgIpc) is 3.28. The molecule has 0 aliphatic heterocycles. The first kappa shape index (κ1) is 16.3. The van der Waals surface area contributed by atoms with Gasteiger partial charge in [0.25, 0.3) is 5.91 Å². The smallest absolute Gasteiger partial charge is 0.291 e. The SMILES string of the molecule is C[C@@H]1CCCc2sc3ncn4nc(C(=O)NCc5cccnc5)nc4c3c21. The first-order valence-corrected chi connectivity index (χ1v) is 9.86. The molecule has 4 aromatic heterocycles. The first-order chi connectivity index (χ1) is 13.2. The molecule has 1 atom stereocenters. The van der Waals surface area contributed by atoms with E-state index in [2.05, 4.69) is 32.3 Å². The average molecular weight is 378 g/mol. The van der Waals surface area contributed by atoms with Crippen molar-refractivity contribution in [2.45, 2.75) is 38.6 Å². The highest BCUT2D eigenvalue weighted by Crippen LogP contribution is 2.42. The van der Waals surface area contributed by atoms with Crippen molar-refractivity contribution in [1.82, 2.24) is 29.9 Å². The van der Waals surface area contributed by atoms with Gasteiger partial charge in [-0.1, -0.05) is 13.0 Å². The number of hydrogen-bond acceptors (Lipinski definition) is 6. The zero-order chi connectivity index (χ0) is 18.4. The number of aryl methyl sites for hydroxylation is 1. The molecule has 0 saturated heterocycles.